The minimum atomic E-state index is 0.0248. The number of piperazine rings is 1. The highest BCUT2D eigenvalue weighted by molar-refractivity contribution is 5.87. The van der Waals surface area contributed by atoms with Crippen LogP contribution in [0.1, 0.15) is 0 Å². The fourth-order valence-corrected chi connectivity index (χ4v) is 1.49. The summed E-state index contributed by atoms with van der Waals surface area (Å²) in [5, 5.41) is 4.10. The fraction of sp³-hybridized carbons (Fsp3) is 0.667. The van der Waals surface area contributed by atoms with E-state index in [1.165, 1.54) is 6.08 Å². The van der Waals surface area contributed by atoms with Gasteiger partial charge in [0, 0.05) is 40.3 Å². The Hall–Kier alpha value is -0.910. The molecule has 14 heavy (non-hydrogen) atoms. The Balaban J connectivity index is 2.38. The first-order valence-corrected chi connectivity index (χ1v) is 4.76. The molecular formula is C9H18N4O. The first-order chi connectivity index (χ1) is 6.69. The Labute approximate surface area is 84.9 Å². The molecular weight excluding hydrogens is 180 g/mol. The number of nitrogens with zero attached hydrogens (tertiary/aromatic N) is 3. The van der Waals surface area contributed by atoms with Crippen molar-refractivity contribution >= 4 is 5.91 Å². The van der Waals surface area contributed by atoms with Crippen molar-refractivity contribution in [3.05, 3.63) is 12.7 Å². The molecule has 0 aliphatic carbocycles. The first kappa shape index (κ1) is 11.2. The van der Waals surface area contributed by atoms with Gasteiger partial charge in [0.05, 0.1) is 0 Å². The molecule has 1 N–H and O–H groups in total. The van der Waals surface area contributed by atoms with Crippen LogP contribution in [0.15, 0.2) is 12.7 Å². The van der Waals surface area contributed by atoms with E-state index in [0.29, 0.717) is 0 Å². The summed E-state index contributed by atoms with van der Waals surface area (Å²) in [4.78, 5) is 13.1. The average Bonchev–Trinajstić information content (AvgIpc) is 2.27. The van der Waals surface area contributed by atoms with E-state index >= 15 is 0 Å². The zero-order valence-corrected chi connectivity index (χ0v) is 8.86. The molecule has 5 nitrogen and oxygen atoms in total. The number of rotatable bonds is 3. The molecule has 1 saturated heterocycles. The molecule has 0 atom stereocenters. The summed E-state index contributed by atoms with van der Waals surface area (Å²) in [7, 11) is 3.84. The summed E-state index contributed by atoms with van der Waals surface area (Å²) in [5.41, 5.74) is 3.03. The number of hydrogen-bond acceptors (Lipinski definition) is 4. The fourth-order valence-electron chi connectivity index (χ4n) is 1.49. The van der Waals surface area contributed by atoms with Gasteiger partial charge in [0.1, 0.15) is 0 Å². The lowest BCUT2D eigenvalue weighted by Crippen LogP contribution is -2.56. The molecule has 0 unspecified atom stereocenters. The molecule has 1 heterocycles. The van der Waals surface area contributed by atoms with E-state index in [2.05, 4.69) is 17.0 Å². The van der Waals surface area contributed by atoms with Gasteiger partial charge in [0.15, 0.2) is 0 Å². The number of carbonyl (C=O) groups is 1. The van der Waals surface area contributed by atoms with E-state index in [4.69, 9.17) is 0 Å². The molecule has 1 fully saturated rings. The van der Waals surface area contributed by atoms with Crippen molar-refractivity contribution in [1.29, 1.82) is 0 Å². The summed E-state index contributed by atoms with van der Waals surface area (Å²) < 4.78 is 0. The molecule has 1 amide bonds. The van der Waals surface area contributed by atoms with Gasteiger partial charge < -0.3 is 4.90 Å². The van der Waals surface area contributed by atoms with Crippen LogP contribution in [0.4, 0.5) is 0 Å². The smallest absolute Gasteiger partial charge is 0.246 e. The van der Waals surface area contributed by atoms with Crippen LogP contribution in [-0.4, -0.2) is 61.2 Å². The zero-order valence-electron chi connectivity index (χ0n) is 8.86. The molecule has 0 bridgehead atoms. The standard InChI is InChI=1S/C9H18N4O/c1-4-9(14)12-5-7-13(8-6-12)11(3)10-2/h4,10H,1,5-8H2,2-3H3. The van der Waals surface area contributed by atoms with Crippen molar-refractivity contribution in [3.8, 4) is 0 Å². The minimum Gasteiger partial charge on any atom is -0.336 e. The summed E-state index contributed by atoms with van der Waals surface area (Å²) in [6.45, 7) is 6.72. The highest BCUT2D eigenvalue weighted by atomic mass is 16.2. The molecule has 0 aromatic rings. The van der Waals surface area contributed by atoms with E-state index in [0.717, 1.165) is 26.2 Å². The lowest BCUT2D eigenvalue weighted by molar-refractivity contribution is -0.132. The number of hydrogen-bond donors (Lipinski definition) is 1. The molecule has 5 heteroatoms. The van der Waals surface area contributed by atoms with Gasteiger partial charge in [0.2, 0.25) is 5.91 Å². The molecule has 0 radical (unpaired) electrons. The summed E-state index contributed by atoms with van der Waals surface area (Å²) in [5.74, 6) is 0.0248. The monoisotopic (exact) mass is 198 g/mol. The topological polar surface area (TPSA) is 38.8 Å². The van der Waals surface area contributed by atoms with Crippen molar-refractivity contribution in [2.75, 3.05) is 40.3 Å². The number of nitrogens with one attached hydrogen (secondary N) is 1. The van der Waals surface area contributed by atoms with Gasteiger partial charge >= 0.3 is 0 Å². The maximum Gasteiger partial charge on any atom is 0.246 e. The van der Waals surface area contributed by atoms with E-state index < -0.39 is 0 Å². The maximum absolute atomic E-state index is 11.3. The Morgan fingerprint density at radius 2 is 2.00 bits per heavy atom. The number of carbonyl (C=O) groups excluding carboxylic acids is 1. The van der Waals surface area contributed by atoms with E-state index in [-0.39, 0.29) is 5.91 Å². The summed E-state index contributed by atoms with van der Waals surface area (Å²) >= 11 is 0. The Morgan fingerprint density at radius 3 is 2.43 bits per heavy atom. The van der Waals surface area contributed by atoms with Crippen molar-refractivity contribution in [2.45, 2.75) is 0 Å². The van der Waals surface area contributed by atoms with Crippen molar-refractivity contribution in [1.82, 2.24) is 20.5 Å². The van der Waals surface area contributed by atoms with Gasteiger partial charge in [-0.15, -0.1) is 0 Å². The zero-order chi connectivity index (χ0) is 10.6. The lowest BCUT2D eigenvalue weighted by Gasteiger charge is -2.38. The van der Waals surface area contributed by atoms with Crippen LogP contribution in [0, 0.1) is 0 Å². The second-order valence-corrected chi connectivity index (χ2v) is 3.23. The molecule has 1 aliphatic heterocycles. The SMILES string of the molecule is C=CC(=O)N1CCN(N(C)NC)CC1. The molecule has 0 aromatic heterocycles. The molecule has 0 aromatic carbocycles. The van der Waals surface area contributed by atoms with Crippen molar-refractivity contribution in [3.63, 3.8) is 0 Å². The largest absolute Gasteiger partial charge is 0.336 e. The molecule has 1 rings (SSSR count). The molecule has 1 aliphatic rings. The normalized spacial score (nSPS) is 18.6. The number of hydrazine groups is 2. The highest BCUT2D eigenvalue weighted by Gasteiger charge is 2.20. The van der Waals surface area contributed by atoms with Gasteiger partial charge in [0.25, 0.3) is 0 Å². The summed E-state index contributed by atoms with van der Waals surface area (Å²) in [6.07, 6.45) is 1.37. The Morgan fingerprint density at radius 1 is 1.43 bits per heavy atom. The molecule has 0 saturated carbocycles. The number of amides is 1. The van der Waals surface area contributed by atoms with Crippen LogP contribution in [-0.2, 0) is 4.79 Å². The molecule has 0 spiro atoms. The third-order valence-corrected chi connectivity index (χ3v) is 2.49. The van der Waals surface area contributed by atoms with Gasteiger partial charge in [-0.2, -0.15) is 5.12 Å². The van der Waals surface area contributed by atoms with Gasteiger partial charge in [-0.1, -0.05) is 6.58 Å². The van der Waals surface area contributed by atoms with Crippen LogP contribution in [0.5, 0.6) is 0 Å². The van der Waals surface area contributed by atoms with Crippen molar-refractivity contribution < 1.29 is 4.79 Å². The average molecular weight is 198 g/mol. The quantitative estimate of drug-likeness (QED) is 0.481. The van der Waals surface area contributed by atoms with Crippen LogP contribution in [0.25, 0.3) is 0 Å². The predicted octanol–water partition coefficient (Wildman–Crippen LogP) is -0.702. The minimum absolute atomic E-state index is 0.0248. The van der Waals surface area contributed by atoms with E-state index in [9.17, 15) is 4.79 Å². The van der Waals surface area contributed by atoms with Crippen LogP contribution in [0.3, 0.4) is 0 Å². The molecule has 80 valence electrons. The maximum atomic E-state index is 11.3. The van der Waals surface area contributed by atoms with Gasteiger partial charge in [-0.25, -0.2) is 10.4 Å². The van der Waals surface area contributed by atoms with E-state index in [1.54, 1.807) is 0 Å². The Kier molecular flexibility index (Phi) is 4.06. The van der Waals surface area contributed by atoms with Crippen LogP contribution < -0.4 is 5.43 Å². The van der Waals surface area contributed by atoms with Crippen LogP contribution >= 0.6 is 0 Å². The third-order valence-electron chi connectivity index (χ3n) is 2.49. The summed E-state index contributed by atoms with van der Waals surface area (Å²) in [6, 6.07) is 0. The second-order valence-electron chi connectivity index (χ2n) is 3.23. The van der Waals surface area contributed by atoms with Crippen molar-refractivity contribution in [2.24, 2.45) is 0 Å². The van der Waals surface area contributed by atoms with Crippen LogP contribution in [0.2, 0.25) is 0 Å². The first-order valence-electron chi connectivity index (χ1n) is 4.76. The predicted molar refractivity (Wildman–Crippen MR) is 55.2 cm³/mol. The highest BCUT2D eigenvalue weighted by Crippen LogP contribution is 2.02. The van der Waals surface area contributed by atoms with E-state index in [1.807, 2.05) is 24.1 Å². The lowest BCUT2D eigenvalue weighted by atomic mass is 10.3. The van der Waals surface area contributed by atoms with Gasteiger partial charge in [-0.05, 0) is 6.08 Å². The van der Waals surface area contributed by atoms with Gasteiger partial charge in [-0.3, -0.25) is 4.79 Å². The Bertz CT molecular complexity index is 211. The third kappa shape index (κ3) is 2.54. The second kappa shape index (κ2) is 5.09.